The highest BCUT2D eigenvalue weighted by molar-refractivity contribution is 7.89. The fourth-order valence-corrected chi connectivity index (χ4v) is 2.56. The third kappa shape index (κ3) is 4.61. The van der Waals surface area contributed by atoms with Gasteiger partial charge in [0.05, 0.1) is 38.1 Å². The van der Waals surface area contributed by atoms with Crippen molar-refractivity contribution in [3.05, 3.63) is 42.0 Å². The number of hydrazone groups is 1. The Morgan fingerprint density at radius 1 is 0.960 bits per heavy atom. The maximum Gasteiger partial charge on any atom is 0.238 e. The van der Waals surface area contributed by atoms with Crippen LogP contribution in [-0.4, -0.2) is 36.0 Å². The van der Waals surface area contributed by atoms with Gasteiger partial charge in [0, 0.05) is 11.6 Å². The molecule has 0 radical (unpaired) electrons. The molecule has 3 N–H and O–H groups in total. The van der Waals surface area contributed by atoms with E-state index in [2.05, 4.69) is 10.5 Å². The molecule has 0 saturated heterocycles. The summed E-state index contributed by atoms with van der Waals surface area (Å²) < 4.78 is 38.2. The van der Waals surface area contributed by atoms with Crippen LogP contribution in [0.4, 0.5) is 5.69 Å². The smallest absolute Gasteiger partial charge is 0.238 e. The van der Waals surface area contributed by atoms with Gasteiger partial charge in [-0.15, -0.1) is 0 Å². The summed E-state index contributed by atoms with van der Waals surface area (Å²) in [6.45, 7) is 0. The minimum atomic E-state index is -3.71. The molecule has 0 aliphatic heterocycles. The molecule has 134 valence electrons. The Labute approximate surface area is 146 Å². The Kier molecular flexibility index (Phi) is 5.84. The van der Waals surface area contributed by atoms with Crippen molar-refractivity contribution in [2.45, 2.75) is 4.90 Å². The molecule has 0 saturated carbocycles. The van der Waals surface area contributed by atoms with Crippen LogP contribution in [0, 0.1) is 0 Å². The van der Waals surface area contributed by atoms with Crippen molar-refractivity contribution >= 4 is 21.9 Å². The Balaban J connectivity index is 2.19. The van der Waals surface area contributed by atoms with Gasteiger partial charge in [-0.25, -0.2) is 13.6 Å². The average molecular weight is 365 g/mol. The van der Waals surface area contributed by atoms with Gasteiger partial charge in [0.25, 0.3) is 0 Å². The topological polar surface area (TPSA) is 112 Å². The molecule has 8 nitrogen and oxygen atoms in total. The first-order chi connectivity index (χ1) is 11.9. The second-order valence-electron chi connectivity index (χ2n) is 4.89. The maximum absolute atomic E-state index is 11.2. The van der Waals surface area contributed by atoms with Crippen molar-refractivity contribution in [3.63, 3.8) is 0 Å². The number of ether oxygens (including phenoxy) is 3. The number of anilines is 1. The van der Waals surface area contributed by atoms with E-state index in [1.54, 1.807) is 30.5 Å². The number of nitrogens with one attached hydrogen (secondary N) is 1. The summed E-state index contributed by atoms with van der Waals surface area (Å²) in [7, 11) is 0.903. The first-order valence-electron chi connectivity index (χ1n) is 7.11. The lowest BCUT2D eigenvalue weighted by Crippen LogP contribution is -2.11. The molecular formula is C16H19N3O5S. The van der Waals surface area contributed by atoms with Crippen LogP contribution in [0.1, 0.15) is 5.56 Å². The molecule has 0 aliphatic carbocycles. The molecule has 0 spiro atoms. The zero-order valence-corrected chi connectivity index (χ0v) is 14.8. The second-order valence-corrected chi connectivity index (χ2v) is 6.45. The third-order valence-electron chi connectivity index (χ3n) is 3.32. The molecule has 2 rings (SSSR count). The second kappa shape index (κ2) is 7.86. The largest absolute Gasteiger partial charge is 0.496 e. The van der Waals surface area contributed by atoms with E-state index >= 15 is 0 Å². The maximum atomic E-state index is 11.2. The third-order valence-corrected chi connectivity index (χ3v) is 4.25. The lowest BCUT2D eigenvalue weighted by atomic mass is 10.2. The van der Waals surface area contributed by atoms with Gasteiger partial charge in [-0.05, 0) is 30.3 Å². The zero-order chi connectivity index (χ0) is 18.4. The van der Waals surface area contributed by atoms with Crippen molar-refractivity contribution in [2.24, 2.45) is 10.2 Å². The van der Waals surface area contributed by atoms with Crippen molar-refractivity contribution in [2.75, 3.05) is 26.8 Å². The van der Waals surface area contributed by atoms with Gasteiger partial charge in [-0.2, -0.15) is 5.10 Å². The minimum Gasteiger partial charge on any atom is -0.496 e. The average Bonchev–Trinajstić information content (AvgIpc) is 2.60. The molecular weight excluding hydrogens is 346 g/mol. The van der Waals surface area contributed by atoms with Crippen LogP contribution in [-0.2, 0) is 10.0 Å². The van der Waals surface area contributed by atoms with Crippen LogP contribution in [0.15, 0.2) is 46.4 Å². The van der Waals surface area contributed by atoms with Crippen LogP contribution in [0.25, 0.3) is 0 Å². The molecule has 25 heavy (non-hydrogen) atoms. The van der Waals surface area contributed by atoms with Crippen LogP contribution < -0.4 is 24.8 Å². The minimum absolute atomic E-state index is 0.0311. The molecule has 2 aromatic carbocycles. The molecule has 0 atom stereocenters. The van der Waals surface area contributed by atoms with E-state index < -0.39 is 10.0 Å². The summed E-state index contributed by atoms with van der Waals surface area (Å²) in [6.07, 6.45) is 1.55. The standard InChI is InChI=1S/C16H19N3O5S/c1-22-14-9-16(24-3)15(23-2)8-11(14)10-18-19-12-4-6-13(7-5-12)25(17,20)21/h4-10,19H,1-3H3,(H2,17,20,21)/b18-10-. The van der Waals surface area contributed by atoms with Crippen molar-refractivity contribution in [3.8, 4) is 17.2 Å². The highest BCUT2D eigenvalue weighted by Crippen LogP contribution is 2.33. The van der Waals surface area contributed by atoms with Crippen LogP contribution in [0.2, 0.25) is 0 Å². The fourth-order valence-electron chi connectivity index (χ4n) is 2.05. The highest BCUT2D eigenvalue weighted by atomic mass is 32.2. The molecule has 9 heteroatoms. The molecule has 0 amide bonds. The summed E-state index contributed by atoms with van der Waals surface area (Å²) in [4.78, 5) is 0.0311. The monoisotopic (exact) mass is 365 g/mol. The molecule has 0 bridgehead atoms. The number of hydrogen-bond donors (Lipinski definition) is 2. The van der Waals surface area contributed by atoms with Crippen LogP contribution in [0.3, 0.4) is 0 Å². The Morgan fingerprint density at radius 3 is 2.04 bits per heavy atom. The summed E-state index contributed by atoms with van der Waals surface area (Å²) >= 11 is 0. The number of benzene rings is 2. The van der Waals surface area contributed by atoms with Crippen molar-refractivity contribution in [1.29, 1.82) is 0 Å². The lowest BCUT2D eigenvalue weighted by Gasteiger charge is -2.11. The summed E-state index contributed by atoms with van der Waals surface area (Å²) in [5, 5.41) is 9.16. The van der Waals surface area contributed by atoms with E-state index in [1.165, 1.54) is 33.5 Å². The van der Waals surface area contributed by atoms with Crippen molar-refractivity contribution < 1.29 is 22.6 Å². The molecule has 0 aromatic heterocycles. The number of hydrogen-bond acceptors (Lipinski definition) is 7. The SMILES string of the molecule is COc1cc(OC)c(OC)cc1/C=N\Nc1ccc(S(N)(=O)=O)cc1. The Hall–Kier alpha value is -2.78. The van der Waals surface area contributed by atoms with E-state index in [-0.39, 0.29) is 4.90 Å². The Morgan fingerprint density at radius 2 is 1.52 bits per heavy atom. The molecule has 0 fully saturated rings. The fraction of sp³-hybridized carbons (Fsp3) is 0.188. The first kappa shape index (κ1) is 18.6. The number of rotatable bonds is 7. The number of nitrogens with two attached hydrogens (primary N) is 1. The van der Waals surface area contributed by atoms with Gasteiger partial charge >= 0.3 is 0 Å². The number of methoxy groups -OCH3 is 3. The molecule has 2 aromatic rings. The highest BCUT2D eigenvalue weighted by Gasteiger charge is 2.10. The van der Waals surface area contributed by atoms with E-state index in [9.17, 15) is 8.42 Å². The summed E-state index contributed by atoms with van der Waals surface area (Å²) in [5.41, 5.74) is 4.07. The van der Waals surface area contributed by atoms with E-state index in [4.69, 9.17) is 19.3 Å². The summed E-state index contributed by atoms with van der Waals surface area (Å²) in [5.74, 6) is 1.65. The predicted molar refractivity (Wildman–Crippen MR) is 95.1 cm³/mol. The molecule has 0 aliphatic rings. The number of primary sulfonamides is 1. The van der Waals surface area contributed by atoms with Crippen LogP contribution in [0.5, 0.6) is 17.2 Å². The Bertz CT molecular complexity index is 864. The normalized spacial score (nSPS) is 11.4. The predicted octanol–water partition coefficient (Wildman–Crippen LogP) is 1.81. The van der Waals surface area contributed by atoms with E-state index in [0.29, 0.717) is 28.5 Å². The quantitative estimate of drug-likeness (QED) is 0.572. The van der Waals surface area contributed by atoms with E-state index in [1.807, 2.05) is 0 Å². The number of sulfonamides is 1. The van der Waals surface area contributed by atoms with Gasteiger partial charge in [-0.1, -0.05) is 0 Å². The first-order valence-corrected chi connectivity index (χ1v) is 8.65. The molecule has 0 heterocycles. The van der Waals surface area contributed by atoms with Gasteiger partial charge in [0.1, 0.15) is 5.75 Å². The number of nitrogens with zero attached hydrogens (tertiary/aromatic N) is 1. The zero-order valence-electron chi connectivity index (χ0n) is 14.0. The van der Waals surface area contributed by atoms with E-state index in [0.717, 1.165) is 0 Å². The lowest BCUT2D eigenvalue weighted by molar-refractivity contribution is 0.349. The van der Waals surface area contributed by atoms with Crippen LogP contribution >= 0.6 is 0 Å². The van der Waals surface area contributed by atoms with Gasteiger partial charge in [0.2, 0.25) is 10.0 Å². The molecule has 0 unspecified atom stereocenters. The van der Waals surface area contributed by atoms with Gasteiger partial charge in [0.15, 0.2) is 11.5 Å². The van der Waals surface area contributed by atoms with Gasteiger partial charge in [-0.3, -0.25) is 5.43 Å². The van der Waals surface area contributed by atoms with Crippen molar-refractivity contribution in [1.82, 2.24) is 0 Å². The van der Waals surface area contributed by atoms with Gasteiger partial charge < -0.3 is 14.2 Å². The summed E-state index contributed by atoms with van der Waals surface area (Å²) in [6, 6.07) is 9.33.